The lowest BCUT2D eigenvalue weighted by Crippen LogP contribution is -1.73. The lowest BCUT2D eigenvalue weighted by Gasteiger charge is -1.93. The first-order valence-electron chi connectivity index (χ1n) is 4.19. The number of unbranched alkanes of at least 4 members (excludes halogenated alkanes) is 1. The van der Waals surface area contributed by atoms with Gasteiger partial charge in [0.1, 0.15) is 0 Å². The summed E-state index contributed by atoms with van der Waals surface area (Å²) in [6.45, 7) is 7.96. The SMILES string of the molecule is C=C(C)CCC/C=C/C=C/C. The molecule has 0 nitrogen and oxygen atoms in total. The monoisotopic (exact) mass is 150 g/mol. The van der Waals surface area contributed by atoms with E-state index in [0.717, 1.165) is 12.8 Å². The predicted molar refractivity (Wildman–Crippen MR) is 52.6 cm³/mol. The minimum absolute atomic E-state index is 1.15. The smallest absolute Gasteiger partial charge is 0.0323 e. The molecule has 0 aliphatic heterocycles. The fourth-order valence-corrected chi connectivity index (χ4v) is 0.808. The van der Waals surface area contributed by atoms with Crippen molar-refractivity contribution in [2.45, 2.75) is 33.1 Å². The van der Waals surface area contributed by atoms with Crippen LogP contribution in [0.25, 0.3) is 0 Å². The van der Waals surface area contributed by atoms with Gasteiger partial charge in [-0.2, -0.15) is 0 Å². The predicted octanol–water partition coefficient (Wildman–Crippen LogP) is 3.87. The van der Waals surface area contributed by atoms with Gasteiger partial charge in [-0.3, -0.25) is 0 Å². The van der Waals surface area contributed by atoms with Crippen LogP contribution in [0, 0.1) is 0 Å². The van der Waals surface area contributed by atoms with Crippen LogP contribution in [0.5, 0.6) is 0 Å². The van der Waals surface area contributed by atoms with Crippen molar-refractivity contribution >= 4 is 0 Å². The molecule has 0 heterocycles. The zero-order valence-electron chi connectivity index (χ0n) is 7.64. The molecule has 0 radical (unpaired) electrons. The summed E-state index contributed by atoms with van der Waals surface area (Å²) in [5.74, 6) is 0. The maximum absolute atomic E-state index is 3.85. The van der Waals surface area contributed by atoms with E-state index < -0.39 is 0 Å². The summed E-state index contributed by atoms with van der Waals surface area (Å²) in [7, 11) is 0. The standard InChI is InChI=1S/C11H18/c1-4-5-6-7-8-9-10-11(2)3/h4-7H,2,8-10H2,1,3H3/b5-4+,7-6+. The van der Waals surface area contributed by atoms with E-state index in [1.165, 1.54) is 12.0 Å². The van der Waals surface area contributed by atoms with Crippen molar-refractivity contribution in [3.05, 3.63) is 36.5 Å². The molecule has 0 atom stereocenters. The minimum atomic E-state index is 1.15. The maximum Gasteiger partial charge on any atom is -0.0323 e. The zero-order valence-corrected chi connectivity index (χ0v) is 7.64. The van der Waals surface area contributed by atoms with Gasteiger partial charge < -0.3 is 0 Å². The van der Waals surface area contributed by atoms with Crippen molar-refractivity contribution in [1.29, 1.82) is 0 Å². The molecule has 0 N–H and O–H groups in total. The highest BCUT2D eigenvalue weighted by Crippen LogP contribution is 2.03. The van der Waals surface area contributed by atoms with Crippen molar-refractivity contribution in [3.63, 3.8) is 0 Å². The molecule has 0 saturated carbocycles. The van der Waals surface area contributed by atoms with Gasteiger partial charge in [-0.25, -0.2) is 0 Å². The lowest BCUT2D eigenvalue weighted by molar-refractivity contribution is 0.835. The fourth-order valence-electron chi connectivity index (χ4n) is 0.808. The maximum atomic E-state index is 3.85. The summed E-state index contributed by atoms with van der Waals surface area (Å²) < 4.78 is 0. The zero-order chi connectivity index (χ0) is 8.53. The van der Waals surface area contributed by atoms with E-state index in [4.69, 9.17) is 0 Å². The lowest BCUT2D eigenvalue weighted by atomic mass is 10.1. The first kappa shape index (κ1) is 10.2. The van der Waals surface area contributed by atoms with Gasteiger partial charge in [0, 0.05) is 0 Å². The third-order valence-corrected chi connectivity index (χ3v) is 1.41. The van der Waals surface area contributed by atoms with E-state index in [-0.39, 0.29) is 0 Å². The second-order valence-corrected chi connectivity index (χ2v) is 2.80. The Labute approximate surface area is 70.3 Å². The third-order valence-electron chi connectivity index (χ3n) is 1.41. The van der Waals surface area contributed by atoms with Crippen LogP contribution in [0.1, 0.15) is 33.1 Å². The summed E-state index contributed by atoms with van der Waals surface area (Å²) in [6, 6.07) is 0. The van der Waals surface area contributed by atoms with Gasteiger partial charge in [-0.1, -0.05) is 29.9 Å². The van der Waals surface area contributed by atoms with Crippen molar-refractivity contribution in [2.75, 3.05) is 0 Å². The van der Waals surface area contributed by atoms with Crippen molar-refractivity contribution in [3.8, 4) is 0 Å². The molecule has 0 spiro atoms. The van der Waals surface area contributed by atoms with E-state index in [9.17, 15) is 0 Å². The van der Waals surface area contributed by atoms with E-state index in [0.29, 0.717) is 0 Å². The molecule has 0 fully saturated rings. The van der Waals surface area contributed by atoms with Crippen LogP contribution in [0.15, 0.2) is 36.5 Å². The summed E-state index contributed by atoms with van der Waals surface area (Å²) in [5, 5.41) is 0. The molecule has 0 rings (SSSR count). The number of allylic oxidation sites excluding steroid dienone is 5. The van der Waals surface area contributed by atoms with Gasteiger partial charge in [0.2, 0.25) is 0 Å². The number of rotatable bonds is 5. The molecule has 62 valence electrons. The van der Waals surface area contributed by atoms with Gasteiger partial charge >= 0.3 is 0 Å². The molecule has 0 saturated heterocycles. The van der Waals surface area contributed by atoms with Crippen LogP contribution in [0.2, 0.25) is 0 Å². The van der Waals surface area contributed by atoms with Gasteiger partial charge in [-0.15, -0.1) is 6.58 Å². The van der Waals surface area contributed by atoms with Crippen LogP contribution in [0.4, 0.5) is 0 Å². The van der Waals surface area contributed by atoms with Crippen molar-refractivity contribution in [1.82, 2.24) is 0 Å². The van der Waals surface area contributed by atoms with Gasteiger partial charge in [-0.05, 0) is 33.1 Å². The van der Waals surface area contributed by atoms with Gasteiger partial charge in [0.15, 0.2) is 0 Å². The largest absolute Gasteiger partial charge is 0.100 e. The second kappa shape index (κ2) is 7.33. The summed E-state index contributed by atoms with van der Waals surface area (Å²) in [4.78, 5) is 0. The number of hydrogen-bond acceptors (Lipinski definition) is 0. The molecule has 0 heteroatoms. The third kappa shape index (κ3) is 9.22. The molecule has 0 aromatic rings. The summed E-state index contributed by atoms with van der Waals surface area (Å²) in [5.41, 5.74) is 1.28. The summed E-state index contributed by atoms with van der Waals surface area (Å²) in [6.07, 6.45) is 11.9. The molecule has 0 aliphatic carbocycles. The Kier molecular flexibility index (Phi) is 6.81. The molecule has 0 unspecified atom stereocenters. The van der Waals surface area contributed by atoms with Gasteiger partial charge in [0.25, 0.3) is 0 Å². The van der Waals surface area contributed by atoms with E-state index >= 15 is 0 Å². The quantitative estimate of drug-likeness (QED) is 0.317. The average molecular weight is 150 g/mol. The molecular weight excluding hydrogens is 132 g/mol. The Hall–Kier alpha value is -0.780. The van der Waals surface area contributed by atoms with E-state index in [2.05, 4.69) is 31.7 Å². The highest BCUT2D eigenvalue weighted by atomic mass is 13.9. The Morgan fingerprint density at radius 3 is 2.64 bits per heavy atom. The van der Waals surface area contributed by atoms with Crippen LogP contribution < -0.4 is 0 Å². The van der Waals surface area contributed by atoms with Crippen LogP contribution in [-0.2, 0) is 0 Å². The molecule has 0 bridgehead atoms. The minimum Gasteiger partial charge on any atom is -0.100 e. The van der Waals surface area contributed by atoms with E-state index in [1.54, 1.807) is 0 Å². The normalized spacial score (nSPS) is 11.5. The average Bonchev–Trinajstić information content (AvgIpc) is 1.96. The first-order chi connectivity index (χ1) is 5.27. The van der Waals surface area contributed by atoms with Crippen LogP contribution in [-0.4, -0.2) is 0 Å². The van der Waals surface area contributed by atoms with Gasteiger partial charge in [0.05, 0.1) is 0 Å². The Morgan fingerprint density at radius 2 is 2.09 bits per heavy atom. The summed E-state index contributed by atoms with van der Waals surface area (Å²) >= 11 is 0. The molecule has 0 amide bonds. The van der Waals surface area contributed by atoms with E-state index in [1.807, 2.05) is 13.0 Å². The highest BCUT2D eigenvalue weighted by molar-refractivity contribution is 5.01. The second-order valence-electron chi connectivity index (χ2n) is 2.80. The molecular formula is C11H18. The van der Waals surface area contributed by atoms with Crippen molar-refractivity contribution < 1.29 is 0 Å². The van der Waals surface area contributed by atoms with Crippen LogP contribution >= 0.6 is 0 Å². The van der Waals surface area contributed by atoms with Crippen LogP contribution in [0.3, 0.4) is 0 Å². The molecule has 0 aliphatic rings. The Morgan fingerprint density at radius 1 is 1.36 bits per heavy atom. The number of hydrogen-bond donors (Lipinski definition) is 0. The van der Waals surface area contributed by atoms with Crippen molar-refractivity contribution in [2.24, 2.45) is 0 Å². The highest BCUT2D eigenvalue weighted by Gasteiger charge is 1.83. The first-order valence-corrected chi connectivity index (χ1v) is 4.19. The Balaban J connectivity index is 3.20. The fraction of sp³-hybridized carbons (Fsp3) is 0.455. The molecule has 0 aromatic heterocycles. The Bertz CT molecular complexity index is 149. The molecule has 0 aromatic carbocycles. The topological polar surface area (TPSA) is 0 Å². The molecule has 11 heavy (non-hydrogen) atoms.